The lowest BCUT2D eigenvalue weighted by Crippen LogP contribution is -2.05. The maximum absolute atomic E-state index is 5.65. The van der Waals surface area contributed by atoms with Crippen LogP contribution in [0.1, 0.15) is 11.1 Å². The fourth-order valence-corrected chi connectivity index (χ4v) is 2.40. The van der Waals surface area contributed by atoms with Gasteiger partial charge in [-0.25, -0.2) is 9.67 Å². The molecule has 0 N–H and O–H groups in total. The van der Waals surface area contributed by atoms with E-state index in [1.807, 2.05) is 23.0 Å². The average molecular weight is 263 g/mol. The van der Waals surface area contributed by atoms with Gasteiger partial charge in [-0.15, -0.1) is 0 Å². The van der Waals surface area contributed by atoms with Crippen LogP contribution in [0.4, 0.5) is 0 Å². The highest BCUT2D eigenvalue weighted by atomic mass is 16.5. The van der Waals surface area contributed by atoms with E-state index in [0.717, 1.165) is 22.5 Å². The van der Waals surface area contributed by atoms with Crippen molar-refractivity contribution in [3.63, 3.8) is 0 Å². The molecule has 0 spiro atoms. The van der Waals surface area contributed by atoms with Crippen LogP contribution in [0.3, 0.4) is 0 Å². The number of aromatic nitrogens is 3. The van der Waals surface area contributed by atoms with Crippen LogP contribution in [0.5, 0.6) is 5.88 Å². The van der Waals surface area contributed by atoms with Gasteiger partial charge in [-0.2, -0.15) is 5.10 Å². The molecule has 2 aromatic heterocycles. The summed E-state index contributed by atoms with van der Waals surface area (Å²) in [4.78, 5) is 4.24. The molecule has 0 unspecified atom stereocenters. The van der Waals surface area contributed by atoms with E-state index in [9.17, 15) is 0 Å². The van der Waals surface area contributed by atoms with Crippen molar-refractivity contribution in [1.82, 2.24) is 14.8 Å². The number of nitrogens with zero attached hydrogens (tertiary/aromatic N) is 3. The molecular formula is C16H13N3O. The molecular weight excluding hydrogens is 250 g/mol. The van der Waals surface area contributed by atoms with E-state index >= 15 is 0 Å². The van der Waals surface area contributed by atoms with Gasteiger partial charge in [0.15, 0.2) is 0 Å². The van der Waals surface area contributed by atoms with E-state index in [0.29, 0.717) is 12.5 Å². The molecule has 1 aliphatic heterocycles. The van der Waals surface area contributed by atoms with Crippen molar-refractivity contribution in [2.45, 2.75) is 13.5 Å². The smallest absolute Gasteiger partial charge is 0.223 e. The van der Waals surface area contributed by atoms with Crippen molar-refractivity contribution < 1.29 is 4.74 Å². The normalized spacial score (nSPS) is 12.4. The van der Waals surface area contributed by atoms with E-state index in [4.69, 9.17) is 4.74 Å². The van der Waals surface area contributed by atoms with Gasteiger partial charge in [0.1, 0.15) is 12.3 Å². The summed E-state index contributed by atoms with van der Waals surface area (Å²) in [5.74, 6) is 0.661. The van der Waals surface area contributed by atoms with E-state index < -0.39 is 0 Å². The second-order valence-corrected chi connectivity index (χ2v) is 4.93. The van der Waals surface area contributed by atoms with Gasteiger partial charge in [-0.3, -0.25) is 0 Å². The van der Waals surface area contributed by atoms with Gasteiger partial charge < -0.3 is 4.74 Å². The first-order valence-electron chi connectivity index (χ1n) is 6.55. The molecule has 3 heterocycles. The maximum atomic E-state index is 5.65. The Balaban J connectivity index is 1.84. The SMILES string of the molecule is Cc1ccc(-n2cc3c(n2)-c2cccnc2OC3)cc1. The number of pyridine rings is 1. The lowest BCUT2D eigenvalue weighted by molar-refractivity contribution is 0.290. The molecule has 4 nitrogen and oxygen atoms in total. The quantitative estimate of drug-likeness (QED) is 0.677. The second-order valence-electron chi connectivity index (χ2n) is 4.93. The van der Waals surface area contributed by atoms with Crippen LogP contribution in [0.2, 0.25) is 0 Å². The van der Waals surface area contributed by atoms with Crippen LogP contribution in [0, 0.1) is 6.92 Å². The molecule has 0 amide bonds. The van der Waals surface area contributed by atoms with E-state index in [2.05, 4.69) is 41.3 Å². The molecule has 0 radical (unpaired) electrons. The number of fused-ring (bicyclic) bond motifs is 3. The summed E-state index contributed by atoms with van der Waals surface area (Å²) in [7, 11) is 0. The first-order valence-corrected chi connectivity index (χ1v) is 6.55. The molecule has 0 fully saturated rings. The minimum Gasteiger partial charge on any atom is -0.472 e. The van der Waals surface area contributed by atoms with Crippen LogP contribution in [0.15, 0.2) is 48.8 Å². The molecule has 4 rings (SSSR count). The number of rotatable bonds is 1. The van der Waals surface area contributed by atoms with Crippen molar-refractivity contribution in [3.8, 4) is 22.8 Å². The highest BCUT2D eigenvalue weighted by Crippen LogP contribution is 2.34. The van der Waals surface area contributed by atoms with Gasteiger partial charge >= 0.3 is 0 Å². The Bertz CT molecular complexity index is 775. The summed E-state index contributed by atoms with van der Waals surface area (Å²) in [5.41, 5.74) is 5.30. The number of ether oxygens (including phenoxy) is 1. The lowest BCUT2D eigenvalue weighted by atomic mass is 10.1. The number of benzene rings is 1. The predicted molar refractivity (Wildman–Crippen MR) is 75.9 cm³/mol. The Hall–Kier alpha value is -2.62. The van der Waals surface area contributed by atoms with E-state index in [-0.39, 0.29) is 0 Å². The highest BCUT2D eigenvalue weighted by molar-refractivity contribution is 5.69. The van der Waals surface area contributed by atoms with Crippen molar-refractivity contribution in [2.24, 2.45) is 0 Å². The minimum atomic E-state index is 0.519. The van der Waals surface area contributed by atoms with Gasteiger partial charge in [0.25, 0.3) is 0 Å². The number of hydrogen-bond acceptors (Lipinski definition) is 3. The Labute approximate surface area is 116 Å². The molecule has 1 aromatic carbocycles. The lowest BCUT2D eigenvalue weighted by Gasteiger charge is -2.14. The monoisotopic (exact) mass is 263 g/mol. The Kier molecular flexibility index (Phi) is 2.36. The molecule has 98 valence electrons. The third-order valence-electron chi connectivity index (χ3n) is 3.48. The van der Waals surface area contributed by atoms with Crippen LogP contribution in [-0.2, 0) is 6.61 Å². The fourth-order valence-electron chi connectivity index (χ4n) is 2.40. The molecule has 0 atom stereocenters. The van der Waals surface area contributed by atoms with Crippen molar-refractivity contribution in [2.75, 3.05) is 0 Å². The second kappa shape index (κ2) is 4.20. The summed E-state index contributed by atoms with van der Waals surface area (Å²) in [5, 5.41) is 4.69. The third-order valence-corrected chi connectivity index (χ3v) is 3.48. The van der Waals surface area contributed by atoms with Crippen molar-refractivity contribution in [1.29, 1.82) is 0 Å². The molecule has 0 aliphatic carbocycles. The Morgan fingerprint density at radius 1 is 1.15 bits per heavy atom. The summed E-state index contributed by atoms with van der Waals surface area (Å²) >= 11 is 0. The summed E-state index contributed by atoms with van der Waals surface area (Å²) in [6, 6.07) is 12.2. The highest BCUT2D eigenvalue weighted by Gasteiger charge is 2.21. The molecule has 4 heteroatoms. The topological polar surface area (TPSA) is 39.9 Å². The zero-order valence-corrected chi connectivity index (χ0v) is 11.1. The fraction of sp³-hybridized carbons (Fsp3) is 0.125. The zero-order chi connectivity index (χ0) is 13.5. The van der Waals surface area contributed by atoms with E-state index in [1.165, 1.54) is 5.56 Å². The zero-order valence-electron chi connectivity index (χ0n) is 11.1. The maximum Gasteiger partial charge on any atom is 0.223 e. The standard InChI is InChI=1S/C16H13N3O/c1-11-4-6-13(7-5-11)19-9-12-10-20-16-14(15(12)18-19)3-2-8-17-16/h2-9H,10H2,1H3. The minimum absolute atomic E-state index is 0.519. The van der Waals surface area contributed by atoms with Gasteiger partial charge in [-0.05, 0) is 31.2 Å². The molecule has 1 aliphatic rings. The Morgan fingerprint density at radius 3 is 2.85 bits per heavy atom. The number of hydrogen-bond donors (Lipinski definition) is 0. The summed E-state index contributed by atoms with van der Waals surface area (Å²) in [6.45, 7) is 2.60. The summed E-state index contributed by atoms with van der Waals surface area (Å²) < 4.78 is 7.55. The van der Waals surface area contributed by atoms with Gasteiger partial charge in [0.2, 0.25) is 5.88 Å². The van der Waals surface area contributed by atoms with Crippen molar-refractivity contribution >= 4 is 0 Å². The molecule has 3 aromatic rings. The Morgan fingerprint density at radius 2 is 2.00 bits per heavy atom. The van der Waals surface area contributed by atoms with Gasteiger partial charge in [0, 0.05) is 18.0 Å². The molecule has 0 saturated carbocycles. The van der Waals surface area contributed by atoms with Crippen LogP contribution in [-0.4, -0.2) is 14.8 Å². The van der Waals surface area contributed by atoms with Crippen LogP contribution >= 0.6 is 0 Å². The molecule has 20 heavy (non-hydrogen) atoms. The van der Waals surface area contributed by atoms with Crippen LogP contribution in [0.25, 0.3) is 16.9 Å². The summed E-state index contributed by atoms with van der Waals surface area (Å²) in [6.07, 6.45) is 3.76. The van der Waals surface area contributed by atoms with Crippen molar-refractivity contribution in [3.05, 3.63) is 59.9 Å². The van der Waals surface area contributed by atoms with E-state index in [1.54, 1.807) is 6.20 Å². The number of aryl methyl sites for hydroxylation is 1. The first-order chi connectivity index (χ1) is 9.81. The third kappa shape index (κ3) is 1.69. The van der Waals surface area contributed by atoms with Crippen LogP contribution < -0.4 is 4.74 Å². The predicted octanol–water partition coefficient (Wildman–Crippen LogP) is 3.14. The largest absolute Gasteiger partial charge is 0.472 e. The van der Waals surface area contributed by atoms with Gasteiger partial charge in [-0.1, -0.05) is 17.7 Å². The average Bonchev–Trinajstić information content (AvgIpc) is 2.92. The van der Waals surface area contributed by atoms with Gasteiger partial charge in [0.05, 0.1) is 11.3 Å². The molecule has 0 saturated heterocycles. The first kappa shape index (κ1) is 11.2. The molecule has 0 bridgehead atoms.